The maximum absolute atomic E-state index is 11.3. The molecule has 3 heteroatoms. The van der Waals surface area contributed by atoms with E-state index in [-0.39, 0.29) is 0 Å². The second kappa shape index (κ2) is 12.5. The largest absolute Gasteiger partial charge is 0.342 e. The Morgan fingerprint density at radius 2 is 2.00 bits per heavy atom. The molecule has 128 valence electrons. The van der Waals surface area contributed by atoms with Gasteiger partial charge in [-0.05, 0) is 64.8 Å². The van der Waals surface area contributed by atoms with Crippen LogP contribution < -0.4 is 5.32 Å². The molecule has 1 amide bonds. The van der Waals surface area contributed by atoms with E-state index in [9.17, 15) is 4.79 Å². The fraction of sp³-hybridized carbons (Fsp3) is 0.737. The average molecular weight is 309 g/mol. The first-order valence-electron chi connectivity index (χ1n) is 8.63. The van der Waals surface area contributed by atoms with Crippen LogP contribution in [0.4, 0.5) is 0 Å². The quantitative estimate of drug-likeness (QED) is 0.462. The number of nitrogens with zero attached hydrogens (tertiary/aromatic N) is 1. The molecule has 0 aliphatic heterocycles. The van der Waals surface area contributed by atoms with E-state index in [1.54, 1.807) is 6.08 Å². The van der Waals surface area contributed by atoms with Crippen molar-refractivity contribution in [1.29, 1.82) is 0 Å². The van der Waals surface area contributed by atoms with Crippen LogP contribution in [0.5, 0.6) is 0 Å². The van der Waals surface area contributed by atoms with E-state index in [0.29, 0.717) is 12.1 Å². The lowest BCUT2D eigenvalue weighted by molar-refractivity contribution is -0.120. The summed E-state index contributed by atoms with van der Waals surface area (Å²) in [5, 5.41) is 3.29. The third kappa shape index (κ3) is 8.38. The van der Waals surface area contributed by atoms with Gasteiger partial charge in [-0.15, -0.1) is 13.2 Å². The van der Waals surface area contributed by atoms with Gasteiger partial charge in [0.1, 0.15) is 0 Å². The normalized spacial score (nSPS) is 21.8. The third-order valence-corrected chi connectivity index (χ3v) is 4.44. The van der Waals surface area contributed by atoms with Crippen LogP contribution in [0.2, 0.25) is 0 Å². The van der Waals surface area contributed by atoms with Crippen molar-refractivity contribution in [3.05, 3.63) is 25.3 Å². The van der Waals surface area contributed by atoms with E-state index in [2.05, 4.69) is 32.3 Å². The Morgan fingerprint density at radius 3 is 2.45 bits per heavy atom. The van der Waals surface area contributed by atoms with E-state index < -0.39 is 0 Å². The average Bonchev–Trinajstić information content (AvgIpc) is 3.24. The molecular weight excluding hydrogens is 272 g/mol. The zero-order valence-electron chi connectivity index (χ0n) is 15.1. The molecule has 1 fully saturated rings. The van der Waals surface area contributed by atoms with Gasteiger partial charge in [0, 0.05) is 18.6 Å². The van der Waals surface area contributed by atoms with E-state index in [4.69, 9.17) is 0 Å². The molecule has 4 atom stereocenters. The zero-order chi connectivity index (χ0) is 17.0. The van der Waals surface area contributed by atoms with Crippen LogP contribution in [0, 0.1) is 11.8 Å². The van der Waals surface area contributed by atoms with Crippen molar-refractivity contribution < 1.29 is 4.79 Å². The minimum absolute atomic E-state index is 0.387. The van der Waals surface area contributed by atoms with Crippen molar-refractivity contribution in [3.63, 3.8) is 0 Å². The highest BCUT2D eigenvalue weighted by atomic mass is 16.1. The van der Waals surface area contributed by atoms with Gasteiger partial charge in [-0.3, -0.25) is 4.79 Å². The molecule has 0 bridgehead atoms. The summed E-state index contributed by atoms with van der Waals surface area (Å²) >= 11 is 0. The molecule has 3 nitrogen and oxygen atoms in total. The number of allylic oxidation sites excluding steroid dienone is 2. The van der Waals surface area contributed by atoms with Crippen molar-refractivity contribution in [2.45, 2.75) is 65.0 Å². The van der Waals surface area contributed by atoms with E-state index >= 15 is 0 Å². The molecule has 0 heterocycles. The summed E-state index contributed by atoms with van der Waals surface area (Å²) in [4.78, 5) is 13.3. The molecule has 1 N–H and O–H groups in total. The molecule has 0 spiro atoms. The van der Waals surface area contributed by atoms with Gasteiger partial charge in [-0.25, -0.2) is 0 Å². The SMILES string of the molecule is C=CC.C=CCCC(CC)N(C=O)CC1CC1CC(C)NC. The van der Waals surface area contributed by atoms with Gasteiger partial charge < -0.3 is 10.2 Å². The van der Waals surface area contributed by atoms with Gasteiger partial charge in [0.05, 0.1) is 0 Å². The summed E-state index contributed by atoms with van der Waals surface area (Å²) in [5.74, 6) is 1.53. The van der Waals surface area contributed by atoms with Crippen LogP contribution in [-0.2, 0) is 4.79 Å². The third-order valence-electron chi connectivity index (χ3n) is 4.44. The van der Waals surface area contributed by atoms with Crippen LogP contribution in [0.3, 0.4) is 0 Å². The number of rotatable bonds is 11. The Balaban J connectivity index is 0.00000135. The van der Waals surface area contributed by atoms with Crippen molar-refractivity contribution in [1.82, 2.24) is 10.2 Å². The lowest BCUT2D eigenvalue weighted by Crippen LogP contribution is -2.35. The van der Waals surface area contributed by atoms with Gasteiger partial charge in [0.25, 0.3) is 0 Å². The Kier molecular flexibility index (Phi) is 11.8. The molecule has 22 heavy (non-hydrogen) atoms. The van der Waals surface area contributed by atoms with E-state index in [0.717, 1.165) is 44.1 Å². The van der Waals surface area contributed by atoms with Gasteiger partial charge in [0.15, 0.2) is 0 Å². The lowest BCUT2D eigenvalue weighted by atomic mass is 10.1. The summed E-state index contributed by atoms with van der Waals surface area (Å²) in [6.45, 7) is 14.4. The minimum atomic E-state index is 0.387. The molecule has 1 saturated carbocycles. The highest BCUT2D eigenvalue weighted by Crippen LogP contribution is 2.42. The molecule has 1 aliphatic rings. The Labute approximate surface area is 137 Å². The summed E-state index contributed by atoms with van der Waals surface area (Å²) in [5.41, 5.74) is 0. The van der Waals surface area contributed by atoms with E-state index in [1.165, 1.54) is 12.8 Å². The predicted molar refractivity (Wildman–Crippen MR) is 96.9 cm³/mol. The van der Waals surface area contributed by atoms with Crippen molar-refractivity contribution in [3.8, 4) is 0 Å². The van der Waals surface area contributed by atoms with Gasteiger partial charge in [0.2, 0.25) is 6.41 Å². The van der Waals surface area contributed by atoms with Crippen LogP contribution in [0.25, 0.3) is 0 Å². The van der Waals surface area contributed by atoms with Crippen LogP contribution in [0.1, 0.15) is 52.9 Å². The number of hydrogen-bond donors (Lipinski definition) is 1. The maximum atomic E-state index is 11.3. The fourth-order valence-corrected chi connectivity index (χ4v) is 2.86. The first kappa shape index (κ1) is 20.9. The molecule has 0 aromatic heterocycles. The summed E-state index contributed by atoms with van der Waals surface area (Å²) in [6, 6.07) is 0.973. The van der Waals surface area contributed by atoms with Gasteiger partial charge in [-0.2, -0.15) is 0 Å². The minimum Gasteiger partial charge on any atom is -0.342 e. The van der Waals surface area contributed by atoms with Crippen LogP contribution in [0.15, 0.2) is 25.3 Å². The fourth-order valence-electron chi connectivity index (χ4n) is 2.86. The van der Waals surface area contributed by atoms with Crippen molar-refractivity contribution in [2.24, 2.45) is 11.8 Å². The number of hydrogen-bond acceptors (Lipinski definition) is 2. The highest BCUT2D eigenvalue weighted by Gasteiger charge is 2.39. The molecular formula is C19H36N2O. The molecule has 1 aliphatic carbocycles. The topological polar surface area (TPSA) is 32.3 Å². The molecule has 0 saturated heterocycles. The summed E-state index contributed by atoms with van der Waals surface area (Å²) < 4.78 is 0. The molecule has 0 radical (unpaired) electrons. The molecule has 4 unspecified atom stereocenters. The van der Waals surface area contributed by atoms with E-state index in [1.807, 2.05) is 24.9 Å². The van der Waals surface area contributed by atoms with Crippen LogP contribution in [-0.4, -0.2) is 37.0 Å². The summed E-state index contributed by atoms with van der Waals surface area (Å²) in [7, 11) is 2.02. The van der Waals surface area contributed by atoms with Crippen LogP contribution >= 0.6 is 0 Å². The number of nitrogens with one attached hydrogen (secondary N) is 1. The highest BCUT2D eigenvalue weighted by molar-refractivity contribution is 5.47. The number of amides is 1. The first-order chi connectivity index (χ1) is 10.6. The Hall–Kier alpha value is -1.09. The number of carbonyl (C=O) groups is 1. The second-order valence-corrected chi connectivity index (χ2v) is 6.32. The summed E-state index contributed by atoms with van der Waals surface area (Å²) in [6.07, 6.45) is 10.3. The second-order valence-electron chi connectivity index (χ2n) is 6.32. The number of carbonyl (C=O) groups excluding carboxylic acids is 1. The van der Waals surface area contributed by atoms with Crippen molar-refractivity contribution >= 4 is 6.41 Å². The smallest absolute Gasteiger partial charge is 0.209 e. The Morgan fingerprint density at radius 1 is 1.36 bits per heavy atom. The Bertz CT molecular complexity index is 317. The first-order valence-corrected chi connectivity index (χ1v) is 8.63. The maximum Gasteiger partial charge on any atom is 0.209 e. The monoisotopic (exact) mass is 308 g/mol. The molecule has 1 rings (SSSR count). The van der Waals surface area contributed by atoms with Gasteiger partial charge >= 0.3 is 0 Å². The van der Waals surface area contributed by atoms with Crippen molar-refractivity contribution in [2.75, 3.05) is 13.6 Å². The molecule has 0 aromatic rings. The zero-order valence-corrected chi connectivity index (χ0v) is 15.1. The lowest BCUT2D eigenvalue weighted by Gasteiger charge is -2.27. The standard InChI is InChI=1S/C16H30N2O.C3H6/c1-5-7-8-16(6-2)18(12-19)11-15-10-14(15)9-13(3)17-4;1-3-2/h5,12-17H,1,6-11H2,2-4H3;3H,1H2,2H3. The molecule has 0 aromatic carbocycles. The predicted octanol–water partition coefficient (Wildman–Crippen LogP) is 4.02. The van der Waals surface area contributed by atoms with Gasteiger partial charge in [-0.1, -0.05) is 19.1 Å².